The van der Waals surface area contributed by atoms with Crippen LogP contribution in [0.4, 0.5) is 13.6 Å². The first-order valence-electron chi connectivity index (χ1n) is 10.4. The van der Waals surface area contributed by atoms with Crippen LogP contribution < -0.4 is 5.32 Å². The fourth-order valence-electron chi connectivity index (χ4n) is 4.60. The Kier molecular flexibility index (Phi) is 6.44. The summed E-state index contributed by atoms with van der Waals surface area (Å²) in [5.41, 5.74) is 0.407. The molecule has 0 bridgehead atoms. The highest BCUT2D eigenvalue weighted by atomic mass is 19.1. The van der Waals surface area contributed by atoms with Gasteiger partial charge in [-0.1, -0.05) is 6.92 Å². The molecular formula is C22H31F2N3O2. The maximum absolute atomic E-state index is 13.6. The third-order valence-corrected chi connectivity index (χ3v) is 6.75. The summed E-state index contributed by atoms with van der Waals surface area (Å²) in [4.78, 5) is 27.7. The predicted octanol–water partition coefficient (Wildman–Crippen LogP) is 3.82. The fraction of sp³-hybridized carbons (Fsp3) is 0.636. The molecule has 29 heavy (non-hydrogen) atoms. The number of nitrogens with one attached hydrogen (secondary N) is 1. The molecule has 1 aliphatic heterocycles. The molecule has 2 aliphatic rings. The lowest BCUT2D eigenvalue weighted by molar-refractivity contribution is -0.130. The highest BCUT2D eigenvalue weighted by Gasteiger charge is 2.35. The van der Waals surface area contributed by atoms with Gasteiger partial charge in [0.1, 0.15) is 11.6 Å². The molecule has 2 fully saturated rings. The molecule has 0 radical (unpaired) electrons. The zero-order chi connectivity index (χ0) is 21.2. The van der Waals surface area contributed by atoms with Crippen LogP contribution in [0, 0.1) is 11.6 Å². The molecule has 160 valence electrons. The highest BCUT2D eigenvalue weighted by Crippen LogP contribution is 2.39. The van der Waals surface area contributed by atoms with Gasteiger partial charge in [-0.3, -0.25) is 4.79 Å². The van der Waals surface area contributed by atoms with Crippen LogP contribution in [0.25, 0.3) is 0 Å². The Morgan fingerprint density at radius 3 is 2.14 bits per heavy atom. The molecule has 0 unspecified atom stereocenters. The first-order chi connectivity index (χ1) is 13.7. The van der Waals surface area contributed by atoms with Crippen LogP contribution in [0.2, 0.25) is 0 Å². The second-order valence-electron chi connectivity index (χ2n) is 8.79. The molecule has 3 rings (SSSR count). The molecule has 5 nitrogen and oxygen atoms in total. The molecule has 0 atom stereocenters. The van der Waals surface area contributed by atoms with Gasteiger partial charge in [0.2, 0.25) is 5.91 Å². The number of nitrogens with zero attached hydrogens (tertiary/aromatic N) is 2. The average molecular weight is 408 g/mol. The van der Waals surface area contributed by atoms with Gasteiger partial charge in [0, 0.05) is 45.2 Å². The summed E-state index contributed by atoms with van der Waals surface area (Å²) >= 11 is 0. The number of carbonyl (C=O) groups is 2. The summed E-state index contributed by atoms with van der Waals surface area (Å²) < 4.78 is 27.2. The van der Waals surface area contributed by atoms with E-state index in [9.17, 15) is 18.4 Å². The average Bonchev–Trinajstić information content (AvgIpc) is 2.68. The monoisotopic (exact) mass is 407 g/mol. The Balaban J connectivity index is 1.51. The van der Waals surface area contributed by atoms with Crippen LogP contribution in [-0.2, 0) is 10.2 Å². The molecule has 1 aliphatic carbocycles. The van der Waals surface area contributed by atoms with E-state index < -0.39 is 11.6 Å². The normalized spacial score (nSPS) is 25.6. The summed E-state index contributed by atoms with van der Waals surface area (Å²) in [6, 6.07) is 3.85. The number of piperidine rings is 1. The van der Waals surface area contributed by atoms with Gasteiger partial charge in [-0.15, -0.1) is 0 Å². The van der Waals surface area contributed by atoms with E-state index in [1.165, 1.54) is 12.1 Å². The van der Waals surface area contributed by atoms with Gasteiger partial charge in [-0.2, -0.15) is 0 Å². The number of likely N-dealkylation sites (tertiary alicyclic amines) is 1. The number of amides is 3. The largest absolute Gasteiger partial charge is 0.343 e. The van der Waals surface area contributed by atoms with Crippen molar-refractivity contribution in [3.05, 3.63) is 35.4 Å². The van der Waals surface area contributed by atoms with Crippen LogP contribution in [-0.4, -0.2) is 54.0 Å². The van der Waals surface area contributed by atoms with Crippen molar-refractivity contribution in [1.82, 2.24) is 15.1 Å². The van der Waals surface area contributed by atoms with Crippen molar-refractivity contribution < 1.29 is 18.4 Å². The maximum atomic E-state index is 13.6. The van der Waals surface area contributed by atoms with Crippen molar-refractivity contribution >= 4 is 11.9 Å². The summed E-state index contributed by atoms with van der Waals surface area (Å²) in [7, 11) is 1.81. The van der Waals surface area contributed by atoms with Gasteiger partial charge in [0.05, 0.1) is 0 Å². The van der Waals surface area contributed by atoms with Crippen molar-refractivity contribution in [2.45, 2.75) is 69.9 Å². The van der Waals surface area contributed by atoms with E-state index in [0.717, 1.165) is 44.6 Å². The summed E-state index contributed by atoms with van der Waals surface area (Å²) in [5.74, 6) is -1.01. The second-order valence-corrected chi connectivity index (χ2v) is 8.79. The molecule has 0 aromatic heterocycles. The maximum Gasteiger partial charge on any atom is 0.317 e. The first kappa shape index (κ1) is 21.5. The lowest BCUT2D eigenvalue weighted by Gasteiger charge is -2.40. The minimum atomic E-state index is -0.547. The molecule has 3 amide bonds. The smallest absolute Gasteiger partial charge is 0.317 e. The number of benzene rings is 1. The Hall–Kier alpha value is -2.18. The van der Waals surface area contributed by atoms with Crippen molar-refractivity contribution in [2.24, 2.45) is 0 Å². The third-order valence-electron chi connectivity index (χ3n) is 6.75. The van der Waals surface area contributed by atoms with Crippen molar-refractivity contribution in [3.8, 4) is 0 Å². The summed E-state index contributed by atoms with van der Waals surface area (Å²) in [6.07, 6.45) is 4.66. The lowest BCUT2D eigenvalue weighted by Crippen LogP contribution is -2.52. The zero-order valence-corrected chi connectivity index (χ0v) is 17.5. The molecule has 1 saturated heterocycles. The summed E-state index contributed by atoms with van der Waals surface area (Å²) in [6.45, 7) is 4.98. The highest BCUT2D eigenvalue weighted by molar-refractivity contribution is 5.75. The molecular weight excluding hydrogens is 376 g/mol. The fourth-order valence-corrected chi connectivity index (χ4v) is 4.60. The van der Waals surface area contributed by atoms with Gasteiger partial charge in [0.25, 0.3) is 0 Å². The third kappa shape index (κ3) is 5.06. The molecule has 1 N–H and O–H groups in total. The van der Waals surface area contributed by atoms with Crippen LogP contribution in [0.1, 0.15) is 57.9 Å². The number of rotatable bonds is 3. The van der Waals surface area contributed by atoms with Crippen LogP contribution in [0.3, 0.4) is 0 Å². The number of urea groups is 1. The topological polar surface area (TPSA) is 52.7 Å². The van der Waals surface area contributed by atoms with Gasteiger partial charge in [-0.05, 0) is 61.6 Å². The number of carbonyl (C=O) groups excluding carboxylic acids is 2. The SMILES string of the molecule is CC(=O)N1CCC(N(C)C(=O)NC2CCC(C)(c3cc(F)cc(F)c3)CC2)CC1. The predicted molar refractivity (Wildman–Crippen MR) is 108 cm³/mol. The van der Waals surface area contributed by atoms with E-state index in [4.69, 9.17) is 0 Å². The Labute approximate surface area is 171 Å². The van der Waals surface area contributed by atoms with E-state index in [1.807, 2.05) is 18.9 Å². The van der Waals surface area contributed by atoms with Gasteiger partial charge < -0.3 is 15.1 Å². The van der Waals surface area contributed by atoms with E-state index in [0.29, 0.717) is 18.7 Å². The van der Waals surface area contributed by atoms with Gasteiger partial charge >= 0.3 is 6.03 Å². The van der Waals surface area contributed by atoms with Crippen LogP contribution in [0.15, 0.2) is 18.2 Å². The van der Waals surface area contributed by atoms with Crippen molar-refractivity contribution in [1.29, 1.82) is 0 Å². The standard InChI is InChI=1S/C22H31F2N3O2/c1-15(28)27-10-6-20(7-11-27)26(3)21(29)25-19-4-8-22(2,9-5-19)16-12-17(23)14-18(24)13-16/h12-14,19-20H,4-11H2,1-3H3,(H,25,29). The van der Waals surface area contributed by atoms with E-state index >= 15 is 0 Å². The summed E-state index contributed by atoms with van der Waals surface area (Å²) in [5, 5.41) is 3.12. The second kappa shape index (κ2) is 8.67. The van der Waals surface area contributed by atoms with E-state index in [1.54, 1.807) is 11.8 Å². The molecule has 1 aromatic carbocycles. The Morgan fingerprint density at radius 1 is 1.07 bits per heavy atom. The number of hydrogen-bond donors (Lipinski definition) is 1. The zero-order valence-electron chi connectivity index (χ0n) is 17.5. The number of hydrogen-bond acceptors (Lipinski definition) is 2. The molecule has 1 aromatic rings. The van der Waals surface area contributed by atoms with E-state index in [2.05, 4.69) is 5.32 Å². The molecule has 0 spiro atoms. The minimum Gasteiger partial charge on any atom is -0.343 e. The van der Waals surface area contributed by atoms with Gasteiger partial charge in [0.15, 0.2) is 0 Å². The molecule has 1 saturated carbocycles. The first-order valence-corrected chi connectivity index (χ1v) is 10.4. The van der Waals surface area contributed by atoms with Gasteiger partial charge in [-0.25, -0.2) is 13.6 Å². The van der Waals surface area contributed by atoms with Crippen LogP contribution >= 0.6 is 0 Å². The molecule has 1 heterocycles. The van der Waals surface area contributed by atoms with E-state index in [-0.39, 0.29) is 29.4 Å². The molecule has 7 heteroatoms. The van der Waals surface area contributed by atoms with Crippen LogP contribution in [0.5, 0.6) is 0 Å². The Bertz CT molecular complexity index is 734. The number of halogens is 2. The van der Waals surface area contributed by atoms with Crippen molar-refractivity contribution in [2.75, 3.05) is 20.1 Å². The van der Waals surface area contributed by atoms with Crippen molar-refractivity contribution in [3.63, 3.8) is 0 Å². The Morgan fingerprint density at radius 2 is 1.62 bits per heavy atom. The quantitative estimate of drug-likeness (QED) is 0.828. The minimum absolute atomic E-state index is 0.0636. The lowest BCUT2D eigenvalue weighted by atomic mass is 9.69.